The number of aldehydes is 1. The van der Waals surface area contributed by atoms with E-state index in [1.54, 1.807) is 51.1 Å². The highest BCUT2D eigenvalue weighted by atomic mass is 16.6. The van der Waals surface area contributed by atoms with Gasteiger partial charge in [0.2, 0.25) is 5.78 Å². The van der Waals surface area contributed by atoms with Gasteiger partial charge in [-0.1, -0.05) is 24.3 Å². The lowest BCUT2D eigenvalue weighted by Crippen LogP contribution is -2.43. The molecule has 1 aliphatic rings. The summed E-state index contributed by atoms with van der Waals surface area (Å²) in [7, 11) is 0. The molecule has 0 bridgehead atoms. The molecule has 1 heterocycles. The van der Waals surface area contributed by atoms with Crippen molar-refractivity contribution in [2.75, 3.05) is 13.2 Å². The van der Waals surface area contributed by atoms with Crippen LogP contribution in [0.3, 0.4) is 0 Å². The zero-order chi connectivity index (χ0) is 21.9. The smallest absolute Gasteiger partial charge is 0.324 e. The molecule has 0 atom stereocenters. The van der Waals surface area contributed by atoms with Crippen LogP contribution in [0, 0.1) is 12.3 Å². The molecule has 0 aliphatic heterocycles. The van der Waals surface area contributed by atoms with Gasteiger partial charge in [-0.15, -0.1) is 0 Å². The number of hydrogen-bond donors (Lipinski definition) is 0. The van der Waals surface area contributed by atoms with Gasteiger partial charge >= 0.3 is 11.9 Å². The maximum absolute atomic E-state index is 12.9. The Morgan fingerprint density at radius 2 is 1.63 bits per heavy atom. The van der Waals surface area contributed by atoms with Gasteiger partial charge in [0.1, 0.15) is 12.0 Å². The summed E-state index contributed by atoms with van der Waals surface area (Å²) in [6, 6.07) is 7.88. The number of aromatic nitrogens is 1. The highest BCUT2D eigenvalue weighted by Crippen LogP contribution is 2.41. The van der Waals surface area contributed by atoms with Crippen molar-refractivity contribution in [3.63, 3.8) is 0 Å². The first-order chi connectivity index (χ1) is 14.4. The van der Waals surface area contributed by atoms with Crippen LogP contribution in [-0.2, 0) is 31.9 Å². The van der Waals surface area contributed by atoms with Crippen molar-refractivity contribution in [1.29, 1.82) is 0 Å². The number of carbonyl (C=O) groups is 4. The lowest BCUT2D eigenvalue weighted by molar-refractivity contribution is -0.171. The number of nitrogens with zero attached hydrogens (tertiary/aromatic N) is 1. The topological polar surface area (TPSA) is 99.6 Å². The van der Waals surface area contributed by atoms with E-state index in [-0.39, 0.29) is 37.5 Å². The third-order valence-corrected chi connectivity index (χ3v) is 5.27. The van der Waals surface area contributed by atoms with Crippen molar-refractivity contribution in [3.8, 4) is 0 Å². The standard InChI is InChI=1S/C23H23NO6/c1-4-29-21(27)23(22(28)30-5-2)11-17-10-19(24-14(3)18(17)12-23)20(26)16-8-6-15(13-25)7-9-16/h6-10,13H,4-5,11-12H2,1-3H3. The van der Waals surface area contributed by atoms with E-state index in [2.05, 4.69) is 4.98 Å². The molecular formula is C23H23NO6. The van der Waals surface area contributed by atoms with Crippen LogP contribution in [0.2, 0.25) is 0 Å². The molecule has 0 amide bonds. The minimum Gasteiger partial charge on any atom is -0.465 e. The van der Waals surface area contributed by atoms with E-state index in [0.717, 1.165) is 5.56 Å². The summed E-state index contributed by atoms with van der Waals surface area (Å²) in [6.45, 7) is 5.40. The first-order valence-corrected chi connectivity index (χ1v) is 9.80. The summed E-state index contributed by atoms with van der Waals surface area (Å²) in [6.07, 6.45) is 0.922. The van der Waals surface area contributed by atoms with Gasteiger partial charge in [0.25, 0.3) is 0 Å². The van der Waals surface area contributed by atoms with Crippen molar-refractivity contribution in [1.82, 2.24) is 4.98 Å². The Hall–Kier alpha value is -3.35. The molecule has 1 aromatic heterocycles. The van der Waals surface area contributed by atoms with E-state index in [1.165, 1.54) is 0 Å². The first-order valence-electron chi connectivity index (χ1n) is 9.80. The number of benzene rings is 1. The van der Waals surface area contributed by atoms with Crippen LogP contribution in [0.4, 0.5) is 0 Å². The Morgan fingerprint density at radius 1 is 1.03 bits per heavy atom. The van der Waals surface area contributed by atoms with Crippen LogP contribution in [0.5, 0.6) is 0 Å². The number of rotatable bonds is 7. The summed E-state index contributed by atoms with van der Waals surface area (Å²) in [4.78, 5) is 53.6. The zero-order valence-corrected chi connectivity index (χ0v) is 17.2. The monoisotopic (exact) mass is 409 g/mol. The van der Waals surface area contributed by atoms with Crippen LogP contribution >= 0.6 is 0 Å². The molecule has 0 radical (unpaired) electrons. The number of carbonyl (C=O) groups excluding carboxylic acids is 4. The van der Waals surface area contributed by atoms with Crippen LogP contribution in [-0.4, -0.2) is 42.2 Å². The average Bonchev–Trinajstić information content (AvgIpc) is 3.15. The molecule has 1 aromatic carbocycles. The molecule has 2 aromatic rings. The van der Waals surface area contributed by atoms with Crippen molar-refractivity contribution in [3.05, 3.63) is 64.0 Å². The second-order valence-electron chi connectivity index (χ2n) is 7.18. The highest BCUT2D eigenvalue weighted by Gasteiger charge is 2.53. The molecule has 7 nitrogen and oxygen atoms in total. The van der Waals surface area contributed by atoms with Crippen molar-refractivity contribution < 1.29 is 28.7 Å². The van der Waals surface area contributed by atoms with Crippen LogP contribution in [0.1, 0.15) is 57.1 Å². The number of hydrogen-bond acceptors (Lipinski definition) is 7. The molecule has 0 unspecified atom stereocenters. The predicted octanol–water partition coefficient (Wildman–Crippen LogP) is 2.64. The minimum atomic E-state index is -1.46. The normalized spacial score (nSPS) is 14.0. The maximum Gasteiger partial charge on any atom is 0.324 e. The lowest BCUT2D eigenvalue weighted by Gasteiger charge is -2.24. The van der Waals surface area contributed by atoms with Gasteiger partial charge in [0.05, 0.1) is 13.2 Å². The van der Waals surface area contributed by atoms with E-state index in [0.29, 0.717) is 28.7 Å². The van der Waals surface area contributed by atoms with Crippen LogP contribution in [0.15, 0.2) is 30.3 Å². The number of ether oxygens (including phenoxy) is 2. The van der Waals surface area contributed by atoms with E-state index < -0.39 is 17.4 Å². The van der Waals surface area contributed by atoms with Gasteiger partial charge in [0, 0.05) is 23.2 Å². The minimum absolute atomic E-state index is 0.0910. The molecule has 0 saturated carbocycles. The van der Waals surface area contributed by atoms with Crippen molar-refractivity contribution >= 4 is 24.0 Å². The number of aryl methyl sites for hydroxylation is 1. The second kappa shape index (κ2) is 8.57. The van der Waals surface area contributed by atoms with Crippen LogP contribution in [0.25, 0.3) is 0 Å². The molecule has 0 N–H and O–H groups in total. The average molecular weight is 409 g/mol. The Balaban J connectivity index is 1.98. The molecule has 0 spiro atoms. The van der Waals surface area contributed by atoms with Gasteiger partial charge in [0.15, 0.2) is 5.41 Å². The van der Waals surface area contributed by atoms with Crippen molar-refractivity contribution in [2.24, 2.45) is 5.41 Å². The number of ketones is 1. The Labute approximate surface area is 174 Å². The largest absolute Gasteiger partial charge is 0.465 e. The lowest BCUT2D eigenvalue weighted by atomic mass is 9.84. The molecule has 3 rings (SSSR count). The quantitative estimate of drug-likeness (QED) is 0.300. The fourth-order valence-corrected chi connectivity index (χ4v) is 3.74. The maximum atomic E-state index is 12.9. The number of esters is 2. The van der Waals surface area contributed by atoms with Gasteiger partial charge < -0.3 is 9.47 Å². The van der Waals surface area contributed by atoms with E-state index in [9.17, 15) is 19.2 Å². The molecule has 30 heavy (non-hydrogen) atoms. The fourth-order valence-electron chi connectivity index (χ4n) is 3.74. The Morgan fingerprint density at radius 3 is 2.17 bits per heavy atom. The zero-order valence-electron chi connectivity index (χ0n) is 17.2. The molecular weight excluding hydrogens is 386 g/mol. The SMILES string of the molecule is CCOC(=O)C1(C(=O)OCC)Cc2cc(C(=O)c3ccc(C=O)cc3)nc(C)c2C1. The van der Waals surface area contributed by atoms with Gasteiger partial charge in [-0.3, -0.25) is 19.2 Å². The predicted molar refractivity (Wildman–Crippen MR) is 107 cm³/mol. The summed E-state index contributed by atoms with van der Waals surface area (Å²) < 4.78 is 10.4. The van der Waals surface area contributed by atoms with Gasteiger partial charge in [-0.2, -0.15) is 0 Å². The molecule has 1 aliphatic carbocycles. The molecule has 0 fully saturated rings. The summed E-state index contributed by atoms with van der Waals surface area (Å²) in [5.74, 6) is -1.56. The third kappa shape index (κ3) is 3.75. The summed E-state index contributed by atoms with van der Waals surface area (Å²) >= 11 is 0. The van der Waals surface area contributed by atoms with E-state index in [4.69, 9.17) is 9.47 Å². The van der Waals surface area contributed by atoms with E-state index >= 15 is 0 Å². The summed E-state index contributed by atoms with van der Waals surface area (Å²) in [5, 5.41) is 0. The van der Waals surface area contributed by atoms with Crippen molar-refractivity contribution in [2.45, 2.75) is 33.6 Å². The summed E-state index contributed by atoms with van der Waals surface area (Å²) in [5.41, 5.74) is 1.66. The highest BCUT2D eigenvalue weighted by molar-refractivity contribution is 6.08. The van der Waals surface area contributed by atoms with E-state index in [1.807, 2.05) is 0 Å². The van der Waals surface area contributed by atoms with Gasteiger partial charge in [-0.05, 0) is 44.4 Å². The fraction of sp³-hybridized carbons (Fsp3) is 0.348. The van der Waals surface area contributed by atoms with Crippen LogP contribution < -0.4 is 0 Å². The molecule has 0 saturated heterocycles. The number of pyridine rings is 1. The van der Waals surface area contributed by atoms with Gasteiger partial charge in [-0.25, -0.2) is 4.98 Å². The molecule has 7 heteroatoms. The second-order valence-corrected chi connectivity index (χ2v) is 7.18. The Bertz CT molecular complexity index is 991. The Kier molecular flexibility index (Phi) is 6.10. The third-order valence-electron chi connectivity index (χ3n) is 5.27. The number of fused-ring (bicyclic) bond motifs is 1. The first kappa shape index (κ1) is 21.4. The molecule has 156 valence electrons.